The number of hydrogen-bond donors (Lipinski definition) is 1. The zero-order valence-corrected chi connectivity index (χ0v) is 23.6. The van der Waals surface area contributed by atoms with Crippen molar-refractivity contribution in [2.24, 2.45) is 13.0 Å². The Labute approximate surface area is 242 Å². The molecule has 220 valence electrons. The van der Waals surface area contributed by atoms with E-state index in [9.17, 15) is 22.8 Å². The van der Waals surface area contributed by atoms with Gasteiger partial charge >= 0.3 is 6.18 Å². The van der Waals surface area contributed by atoms with Gasteiger partial charge in [-0.05, 0) is 72.2 Å². The number of nitrogens with zero attached hydrogens (tertiary/aromatic N) is 5. The summed E-state index contributed by atoms with van der Waals surface area (Å²) >= 11 is 0. The maximum absolute atomic E-state index is 14.3. The molecule has 1 aromatic heterocycles. The van der Waals surface area contributed by atoms with Crippen LogP contribution in [0.3, 0.4) is 0 Å². The smallest absolute Gasteiger partial charge is 0.335 e. The molecular weight excluding hydrogens is 545 g/mol. The third kappa shape index (κ3) is 4.69. The standard InChI is InChI=1S/C31H33F3N6O2/c1-4-27(41)39-9-8-23(39)16-35-15-20-10-24-25(26(11-20)31(32,33)34)17-40(28(24)42)22-7-5-6-21(12-22)30(13-19(2)14-30)29-37-36-18-38(29)3/h4-7,10-12,18-19,23,35H,1,8-9,13-17H2,2-3H3. The highest BCUT2D eigenvalue weighted by molar-refractivity contribution is 6.10. The number of rotatable bonds is 8. The summed E-state index contributed by atoms with van der Waals surface area (Å²) in [5.41, 5.74) is 0.801. The van der Waals surface area contributed by atoms with Crippen LogP contribution in [0.15, 0.2) is 55.4 Å². The fraction of sp³-hybridized carbons (Fsp3) is 0.419. The number of hydrogen-bond acceptors (Lipinski definition) is 5. The maximum atomic E-state index is 14.3. The molecule has 1 aliphatic carbocycles. The van der Waals surface area contributed by atoms with Gasteiger partial charge in [0.25, 0.3) is 5.91 Å². The molecule has 0 bridgehead atoms. The predicted molar refractivity (Wildman–Crippen MR) is 151 cm³/mol. The first-order valence-corrected chi connectivity index (χ1v) is 14.2. The van der Waals surface area contributed by atoms with Gasteiger partial charge in [0, 0.05) is 44.0 Å². The lowest BCUT2D eigenvalue weighted by atomic mass is 9.58. The molecule has 42 heavy (non-hydrogen) atoms. The van der Waals surface area contributed by atoms with Gasteiger partial charge in [-0.2, -0.15) is 13.2 Å². The van der Waals surface area contributed by atoms with Crippen molar-refractivity contribution in [1.82, 2.24) is 25.0 Å². The van der Waals surface area contributed by atoms with Gasteiger partial charge in [-0.3, -0.25) is 9.59 Å². The molecule has 2 aliphatic heterocycles. The van der Waals surface area contributed by atoms with Gasteiger partial charge in [0.05, 0.1) is 17.5 Å². The molecule has 2 amide bonds. The lowest BCUT2D eigenvalue weighted by molar-refractivity contribution is -0.138. The quantitative estimate of drug-likeness (QED) is 0.396. The van der Waals surface area contributed by atoms with Gasteiger partial charge < -0.3 is 19.7 Å². The summed E-state index contributed by atoms with van der Waals surface area (Å²) in [7, 11) is 1.90. The summed E-state index contributed by atoms with van der Waals surface area (Å²) in [4.78, 5) is 28.7. The Balaban J connectivity index is 1.26. The van der Waals surface area contributed by atoms with E-state index in [2.05, 4.69) is 29.0 Å². The average Bonchev–Trinajstić information content (AvgIpc) is 3.50. The number of nitrogens with one attached hydrogen (secondary N) is 1. The van der Waals surface area contributed by atoms with Gasteiger partial charge in [0.15, 0.2) is 0 Å². The Morgan fingerprint density at radius 2 is 2.02 bits per heavy atom. The number of alkyl halides is 3. The fourth-order valence-electron chi connectivity index (χ4n) is 6.84. The molecule has 2 aromatic carbocycles. The second-order valence-electron chi connectivity index (χ2n) is 11.8. The second-order valence-corrected chi connectivity index (χ2v) is 11.8. The fourth-order valence-corrected chi connectivity index (χ4v) is 6.84. The van der Waals surface area contributed by atoms with E-state index in [4.69, 9.17) is 0 Å². The Bertz CT molecular complexity index is 1560. The van der Waals surface area contributed by atoms with E-state index in [0.29, 0.717) is 30.3 Å². The van der Waals surface area contributed by atoms with Gasteiger partial charge in [-0.1, -0.05) is 25.6 Å². The largest absolute Gasteiger partial charge is 0.416 e. The Morgan fingerprint density at radius 3 is 2.64 bits per heavy atom. The van der Waals surface area contributed by atoms with Crippen molar-refractivity contribution in [2.45, 2.75) is 56.9 Å². The van der Waals surface area contributed by atoms with Crippen molar-refractivity contribution in [3.05, 3.63) is 89.0 Å². The molecule has 11 heteroatoms. The molecule has 2 fully saturated rings. The highest BCUT2D eigenvalue weighted by atomic mass is 19.4. The van der Waals surface area contributed by atoms with Crippen molar-refractivity contribution < 1.29 is 22.8 Å². The molecule has 1 saturated heterocycles. The summed E-state index contributed by atoms with van der Waals surface area (Å²) in [5.74, 6) is 0.711. The van der Waals surface area contributed by atoms with Crippen molar-refractivity contribution >= 4 is 17.5 Å². The van der Waals surface area contributed by atoms with Crippen LogP contribution in [0.5, 0.6) is 0 Å². The highest BCUT2D eigenvalue weighted by Crippen LogP contribution is 2.52. The molecule has 3 aromatic rings. The predicted octanol–water partition coefficient (Wildman–Crippen LogP) is 4.59. The number of aromatic nitrogens is 3. The number of carbonyl (C=O) groups excluding carboxylic acids is 2. The van der Waals surface area contributed by atoms with Crippen molar-refractivity contribution in [3.8, 4) is 0 Å². The van der Waals surface area contributed by atoms with E-state index in [1.807, 2.05) is 29.8 Å². The second kappa shape index (κ2) is 10.4. The van der Waals surface area contributed by atoms with E-state index in [1.165, 1.54) is 11.0 Å². The molecule has 8 nitrogen and oxygen atoms in total. The van der Waals surface area contributed by atoms with Crippen LogP contribution < -0.4 is 10.2 Å². The third-order valence-electron chi connectivity index (χ3n) is 8.96. The Hall–Kier alpha value is -3.99. The number of halogens is 3. The van der Waals surface area contributed by atoms with Gasteiger partial charge in [0.2, 0.25) is 5.91 Å². The average molecular weight is 579 g/mol. The summed E-state index contributed by atoms with van der Waals surface area (Å²) in [5, 5.41) is 11.6. The van der Waals surface area contributed by atoms with E-state index >= 15 is 0 Å². The van der Waals surface area contributed by atoms with Crippen molar-refractivity contribution in [3.63, 3.8) is 0 Å². The Kier molecular flexibility index (Phi) is 6.95. The van der Waals surface area contributed by atoms with Crippen LogP contribution in [-0.4, -0.2) is 50.6 Å². The number of anilines is 1. The van der Waals surface area contributed by atoms with Gasteiger partial charge in [-0.15, -0.1) is 10.2 Å². The SMILES string of the molecule is C=CC(=O)N1CCC1CNCc1cc2c(c(C(F)(F)F)c1)CN(c1cccc(C3(c4nncn4C)CC(C)C3)c1)C2=O. The number of likely N-dealkylation sites (tertiary alicyclic amines) is 1. The number of aryl methyl sites for hydroxylation is 1. The van der Waals surface area contributed by atoms with Crippen molar-refractivity contribution in [2.75, 3.05) is 18.0 Å². The number of fused-ring (bicyclic) bond motifs is 1. The van der Waals surface area contributed by atoms with E-state index in [0.717, 1.165) is 36.7 Å². The first-order chi connectivity index (χ1) is 20.0. The summed E-state index contributed by atoms with van der Waals surface area (Å²) in [6.07, 6.45) is 0.860. The number of benzene rings is 2. The van der Waals surface area contributed by atoms with Crippen LogP contribution in [0.25, 0.3) is 0 Å². The maximum Gasteiger partial charge on any atom is 0.416 e. The molecule has 0 radical (unpaired) electrons. The lowest BCUT2D eigenvalue weighted by Gasteiger charge is -2.46. The van der Waals surface area contributed by atoms with Crippen LogP contribution in [0.1, 0.15) is 64.6 Å². The van der Waals surface area contributed by atoms with E-state index in [-0.39, 0.29) is 41.6 Å². The minimum absolute atomic E-state index is 0.0105. The minimum Gasteiger partial charge on any atom is -0.335 e. The summed E-state index contributed by atoms with van der Waals surface area (Å²) < 4.78 is 44.7. The number of carbonyl (C=O) groups is 2. The number of amides is 2. The zero-order valence-electron chi connectivity index (χ0n) is 23.6. The van der Waals surface area contributed by atoms with Crippen LogP contribution >= 0.6 is 0 Å². The van der Waals surface area contributed by atoms with Gasteiger partial charge in [-0.25, -0.2) is 0 Å². The minimum atomic E-state index is -4.61. The molecule has 0 spiro atoms. The van der Waals surface area contributed by atoms with Gasteiger partial charge in [0.1, 0.15) is 12.2 Å². The lowest BCUT2D eigenvalue weighted by Crippen LogP contribution is -2.54. The third-order valence-corrected chi connectivity index (χ3v) is 8.96. The molecule has 1 unspecified atom stereocenters. The first kappa shape index (κ1) is 28.1. The normalized spacial score (nSPS) is 23.4. The van der Waals surface area contributed by atoms with Crippen LogP contribution in [0, 0.1) is 5.92 Å². The van der Waals surface area contributed by atoms with Crippen molar-refractivity contribution in [1.29, 1.82) is 0 Å². The summed E-state index contributed by atoms with van der Waals surface area (Å²) in [6, 6.07) is 10.2. The Morgan fingerprint density at radius 1 is 1.24 bits per heavy atom. The topological polar surface area (TPSA) is 83.4 Å². The summed E-state index contributed by atoms with van der Waals surface area (Å²) in [6.45, 7) is 6.75. The first-order valence-electron chi connectivity index (χ1n) is 14.2. The molecule has 3 aliphatic rings. The molecule has 6 rings (SSSR count). The zero-order chi connectivity index (χ0) is 29.8. The molecule has 1 atom stereocenters. The highest BCUT2D eigenvalue weighted by Gasteiger charge is 2.48. The van der Waals surface area contributed by atoms with Crippen LogP contribution in [-0.2, 0) is 36.5 Å². The van der Waals surface area contributed by atoms with E-state index < -0.39 is 17.6 Å². The monoisotopic (exact) mass is 578 g/mol. The van der Waals surface area contributed by atoms with Crippen LogP contribution in [0.2, 0.25) is 0 Å². The molecule has 3 heterocycles. The molecule has 1 saturated carbocycles. The van der Waals surface area contributed by atoms with E-state index in [1.54, 1.807) is 23.4 Å². The van der Waals surface area contributed by atoms with Crippen LogP contribution in [0.4, 0.5) is 18.9 Å². The molecule has 1 N–H and O–H groups in total. The molecular formula is C31H33F3N6O2.